The number of carbonyl (C=O) groups excluding carboxylic acids is 1. The maximum Gasteiger partial charge on any atom is 0.235 e. The van der Waals surface area contributed by atoms with Gasteiger partial charge in [0.25, 0.3) is 0 Å². The molecule has 2 rings (SSSR count). The van der Waals surface area contributed by atoms with E-state index in [-0.39, 0.29) is 6.04 Å². The van der Waals surface area contributed by atoms with Gasteiger partial charge in [0, 0.05) is 0 Å². The number of rotatable bonds is 2. The van der Waals surface area contributed by atoms with Crippen LogP contribution in [0.1, 0.15) is 30.5 Å². The maximum absolute atomic E-state index is 10.2. The number of aliphatic imine (C=N–C) groups is 1. The van der Waals surface area contributed by atoms with Crippen molar-refractivity contribution >= 4 is 6.08 Å². The third kappa shape index (κ3) is 2.08. The van der Waals surface area contributed by atoms with Gasteiger partial charge in [-0.3, -0.25) is 0 Å². The van der Waals surface area contributed by atoms with Crippen molar-refractivity contribution in [3.8, 4) is 5.75 Å². The van der Waals surface area contributed by atoms with E-state index in [1.165, 1.54) is 5.56 Å². The minimum Gasteiger partial charge on any atom is -0.493 e. The number of nitrogens with zero attached hydrogens (tertiary/aromatic N) is 1. The maximum atomic E-state index is 10.2. The zero-order valence-electron chi connectivity index (χ0n) is 8.69. The highest BCUT2D eigenvalue weighted by atomic mass is 16.5. The van der Waals surface area contributed by atoms with Crippen molar-refractivity contribution in [3.63, 3.8) is 0 Å². The Morgan fingerprint density at radius 1 is 1.53 bits per heavy atom. The van der Waals surface area contributed by atoms with Crippen molar-refractivity contribution in [2.24, 2.45) is 4.99 Å². The van der Waals surface area contributed by atoms with Crippen LogP contribution >= 0.6 is 0 Å². The second kappa shape index (κ2) is 4.28. The van der Waals surface area contributed by atoms with Gasteiger partial charge in [0.15, 0.2) is 0 Å². The molecular formula is C12H13NO2. The normalized spacial score (nSPS) is 15.8. The largest absolute Gasteiger partial charge is 0.493 e. The highest BCUT2D eigenvalue weighted by molar-refractivity contribution is 5.41. The van der Waals surface area contributed by atoms with E-state index in [2.05, 4.69) is 11.1 Å². The van der Waals surface area contributed by atoms with E-state index < -0.39 is 0 Å². The number of isocyanates is 1. The molecule has 0 bridgehead atoms. The molecule has 0 aliphatic carbocycles. The van der Waals surface area contributed by atoms with Crippen molar-refractivity contribution in [1.29, 1.82) is 0 Å². The van der Waals surface area contributed by atoms with Gasteiger partial charge < -0.3 is 4.74 Å². The van der Waals surface area contributed by atoms with Gasteiger partial charge in [0.1, 0.15) is 5.75 Å². The van der Waals surface area contributed by atoms with Gasteiger partial charge in [-0.05, 0) is 37.0 Å². The molecule has 3 heteroatoms. The van der Waals surface area contributed by atoms with Crippen molar-refractivity contribution in [1.82, 2.24) is 0 Å². The van der Waals surface area contributed by atoms with Crippen LogP contribution in [0.3, 0.4) is 0 Å². The lowest BCUT2D eigenvalue weighted by atomic mass is 10.0. The average Bonchev–Trinajstić information content (AvgIpc) is 2.29. The molecule has 1 aromatic carbocycles. The standard InChI is InChI=1S/C12H13NO2/c1-9(13-8-14)11-5-4-10-3-2-6-15-12(10)7-11/h4-5,7,9H,2-3,6H2,1H3. The van der Waals surface area contributed by atoms with Crippen LogP contribution in [0.25, 0.3) is 0 Å². The Morgan fingerprint density at radius 2 is 2.40 bits per heavy atom. The number of fused-ring (bicyclic) bond motifs is 1. The van der Waals surface area contributed by atoms with Crippen LogP contribution in [0, 0.1) is 0 Å². The summed E-state index contributed by atoms with van der Waals surface area (Å²) >= 11 is 0. The summed E-state index contributed by atoms with van der Waals surface area (Å²) in [5.74, 6) is 0.937. The second-order valence-electron chi connectivity index (χ2n) is 3.72. The molecule has 0 amide bonds. The first-order valence-electron chi connectivity index (χ1n) is 5.14. The van der Waals surface area contributed by atoms with Gasteiger partial charge in [-0.25, -0.2) is 4.79 Å². The Labute approximate surface area is 88.8 Å². The molecule has 78 valence electrons. The van der Waals surface area contributed by atoms with E-state index in [1.807, 2.05) is 19.1 Å². The molecule has 0 N–H and O–H groups in total. The predicted molar refractivity (Wildman–Crippen MR) is 56.8 cm³/mol. The molecule has 0 aromatic heterocycles. The Kier molecular flexibility index (Phi) is 2.84. The fourth-order valence-corrected chi connectivity index (χ4v) is 1.77. The fraction of sp³-hybridized carbons (Fsp3) is 0.417. The highest BCUT2D eigenvalue weighted by Gasteiger charge is 2.12. The van der Waals surface area contributed by atoms with E-state index in [0.717, 1.165) is 30.8 Å². The van der Waals surface area contributed by atoms with Gasteiger partial charge in [-0.1, -0.05) is 12.1 Å². The molecule has 15 heavy (non-hydrogen) atoms. The van der Waals surface area contributed by atoms with Gasteiger partial charge >= 0.3 is 0 Å². The number of benzene rings is 1. The lowest BCUT2D eigenvalue weighted by Gasteiger charge is -2.18. The lowest BCUT2D eigenvalue weighted by molar-refractivity contribution is 0.288. The van der Waals surface area contributed by atoms with Crippen molar-refractivity contribution < 1.29 is 9.53 Å². The second-order valence-corrected chi connectivity index (χ2v) is 3.72. The summed E-state index contributed by atoms with van der Waals surface area (Å²) in [5, 5.41) is 0. The lowest BCUT2D eigenvalue weighted by Crippen LogP contribution is -2.08. The topological polar surface area (TPSA) is 38.7 Å². The summed E-state index contributed by atoms with van der Waals surface area (Å²) in [4.78, 5) is 13.8. The first-order valence-corrected chi connectivity index (χ1v) is 5.14. The molecule has 1 aliphatic rings. The Balaban J connectivity index is 2.31. The van der Waals surface area contributed by atoms with E-state index in [0.29, 0.717) is 0 Å². The summed E-state index contributed by atoms with van der Waals surface area (Å²) in [6, 6.07) is 5.89. The molecule has 1 unspecified atom stereocenters. The Morgan fingerprint density at radius 3 is 3.20 bits per heavy atom. The summed E-state index contributed by atoms with van der Waals surface area (Å²) in [6.45, 7) is 2.65. The van der Waals surface area contributed by atoms with E-state index in [9.17, 15) is 4.79 Å². The molecule has 0 radical (unpaired) electrons. The Bertz CT molecular complexity index is 408. The molecule has 0 saturated heterocycles. The number of ether oxygens (including phenoxy) is 1. The summed E-state index contributed by atoms with van der Waals surface area (Å²) in [6.07, 6.45) is 3.73. The van der Waals surface area contributed by atoms with E-state index in [4.69, 9.17) is 4.74 Å². The summed E-state index contributed by atoms with van der Waals surface area (Å²) in [7, 11) is 0. The van der Waals surface area contributed by atoms with E-state index in [1.54, 1.807) is 6.08 Å². The molecule has 1 aliphatic heterocycles. The first-order chi connectivity index (χ1) is 7.31. The average molecular weight is 203 g/mol. The monoisotopic (exact) mass is 203 g/mol. The quantitative estimate of drug-likeness (QED) is 0.547. The van der Waals surface area contributed by atoms with Gasteiger partial charge in [-0.2, -0.15) is 4.99 Å². The molecule has 1 atom stereocenters. The van der Waals surface area contributed by atoms with Crippen LogP contribution in [0.2, 0.25) is 0 Å². The van der Waals surface area contributed by atoms with Crippen LogP contribution in [0.4, 0.5) is 0 Å². The van der Waals surface area contributed by atoms with Crippen LogP contribution in [0.5, 0.6) is 5.75 Å². The zero-order valence-corrected chi connectivity index (χ0v) is 8.69. The Hall–Kier alpha value is -1.60. The predicted octanol–water partition coefficient (Wildman–Crippen LogP) is 2.41. The van der Waals surface area contributed by atoms with Gasteiger partial charge in [0.2, 0.25) is 6.08 Å². The third-order valence-electron chi connectivity index (χ3n) is 2.67. The molecule has 0 saturated carbocycles. The third-order valence-corrected chi connectivity index (χ3v) is 2.67. The van der Waals surface area contributed by atoms with Crippen LogP contribution in [0.15, 0.2) is 23.2 Å². The van der Waals surface area contributed by atoms with Crippen LogP contribution < -0.4 is 4.74 Å². The zero-order chi connectivity index (χ0) is 10.7. The van der Waals surface area contributed by atoms with E-state index >= 15 is 0 Å². The van der Waals surface area contributed by atoms with Crippen LogP contribution in [-0.4, -0.2) is 12.7 Å². The smallest absolute Gasteiger partial charge is 0.235 e. The number of aryl methyl sites for hydroxylation is 1. The van der Waals surface area contributed by atoms with Gasteiger partial charge in [0.05, 0.1) is 12.6 Å². The number of hydrogen-bond donors (Lipinski definition) is 0. The highest BCUT2D eigenvalue weighted by Crippen LogP contribution is 2.28. The molecule has 0 spiro atoms. The van der Waals surface area contributed by atoms with Crippen LogP contribution in [-0.2, 0) is 11.2 Å². The van der Waals surface area contributed by atoms with Gasteiger partial charge in [-0.15, -0.1) is 0 Å². The minimum atomic E-state index is -0.140. The SMILES string of the molecule is CC(N=C=O)c1ccc2c(c1)OCCC2. The van der Waals surface area contributed by atoms with Crippen molar-refractivity contribution in [2.45, 2.75) is 25.8 Å². The summed E-state index contributed by atoms with van der Waals surface area (Å²) in [5.41, 5.74) is 2.24. The first kappa shape index (κ1) is 9.94. The molecule has 1 heterocycles. The summed E-state index contributed by atoms with van der Waals surface area (Å²) < 4.78 is 5.55. The molecule has 1 aromatic rings. The molecular weight excluding hydrogens is 190 g/mol. The molecule has 0 fully saturated rings. The molecule has 3 nitrogen and oxygen atoms in total. The minimum absolute atomic E-state index is 0.140. The van der Waals surface area contributed by atoms with Crippen molar-refractivity contribution in [3.05, 3.63) is 29.3 Å². The number of hydrogen-bond acceptors (Lipinski definition) is 3. The fourth-order valence-electron chi connectivity index (χ4n) is 1.77. The van der Waals surface area contributed by atoms with Crippen molar-refractivity contribution in [2.75, 3.05) is 6.61 Å².